The van der Waals surface area contributed by atoms with Crippen molar-refractivity contribution in [2.45, 2.75) is 18.5 Å². The molecule has 0 aromatic carbocycles. The van der Waals surface area contributed by atoms with Crippen molar-refractivity contribution in [1.29, 1.82) is 0 Å². The molecule has 0 amide bonds. The molecule has 0 aromatic rings. The normalized spacial score (nSPS) is 37.5. The smallest absolute Gasteiger partial charge is 0.174 e. The van der Waals surface area contributed by atoms with Gasteiger partial charge in [-0.3, -0.25) is 0 Å². The molecule has 4 nitrogen and oxygen atoms in total. The molecule has 0 radical (unpaired) electrons. The molecule has 0 fully saturated rings. The quantitative estimate of drug-likeness (QED) is 0.523. The summed E-state index contributed by atoms with van der Waals surface area (Å²) in [7, 11) is 1.53. The van der Waals surface area contributed by atoms with Gasteiger partial charge < -0.3 is 19.7 Å². The second-order valence-corrected chi connectivity index (χ2v) is 2.33. The average Bonchev–Trinajstić information content (AvgIpc) is 2.04. The van der Waals surface area contributed by atoms with Gasteiger partial charge in [0.2, 0.25) is 0 Å². The molecule has 0 unspecified atom stereocenters. The van der Waals surface area contributed by atoms with Crippen molar-refractivity contribution in [2.75, 3.05) is 13.7 Å². The number of ether oxygens (including phenoxy) is 2. The minimum absolute atomic E-state index is 0.153. The standard InChI is InChI=1S/C7H12O4/c1-10-5-2-3-7(9)11-6(5)4-8/h2-3,5-9H,4H2,1H3/t5-,6+,7-/m0/s1. The van der Waals surface area contributed by atoms with Crippen LogP contribution in [0.25, 0.3) is 0 Å². The van der Waals surface area contributed by atoms with Crippen LogP contribution in [0.3, 0.4) is 0 Å². The number of hydrogen-bond donors (Lipinski definition) is 2. The molecule has 64 valence electrons. The molecule has 0 saturated carbocycles. The second kappa shape index (κ2) is 3.82. The summed E-state index contributed by atoms with van der Waals surface area (Å²) >= 11 is 0. The molecule has 0 spiro atoms. The number of hydrogen-bond acceptors (Lipinski definition) is 4. The molecule has 0 saturated heterocycles. The zero-order valence-corrected chi connectivity index (χ0v) is 6.30. The van der Waals surface area contributed by atoms with Crippen LogP contribution < -0.4 is 0 Å². The lowest BCUT2D eigenvalue weighted by molar-refractivity contribution is -0.159. The fourth-order valence-corrected chi connectivity index (χ4v) is 1.01. The first-order valence-corrected chi connectivity index (χ1v) is 3.43. The van der Waals surface area contributed by atoms with Crippen LogP contribution >= 0.6 is 0 Å². The number of aliphatic hydroxyl groups is 2. The fourth-order valence-electron chi connectivity index (χ4n) is 1.01. The summed E-state index contributed by atoms with van der Waals surface area (Å²) in [6.45, 7) is -0.153. The Bertz CT molecular complexity index is 145. The Morgan fingerprint density at radius 2 is 2.27 bits per heavy atom. The van der Waals surface area contributed by atoms with E-state index in [1.165, 1.54) is 13.2 Å². The monoisotopic (exact) mass is 160 g/mol. The molecule has 4 heteroatoms. The highest BCUT2D eigenvalue weighted by Gasteiger charge is 2.24. The summed E-state index contributed by atoms with van der Waals surface area (Å²) < 4.78 is 9.89. The van der Waals surface area contributed by atoms with Gasteiger partial charge in [0.25, 0.3) is 0 Å². The Hall–Kier alpha value is -0.420. The first-order valence-electron chi connectivity index (χ1n) is 3.43. The maximum atomic E-state index is 8.95. The van der Waals surface area contributed by atoms with E-state index in [9.17, 15) is 0 Å². The van der Waals surface area contributed by atoms with Crippen molar-refractivity contribution in [3.63, 3.8) is 0 Å². The van der Waals surface area contributed by atoms with E-state index in [1.807, 2.05) is 0 Å². The highest BCUT2D eigenvalue weighted by Crippen LogP contribution is 2.13. The van der Waals surface area contributed by atoms with E-state index >= 15 is 0 Å². The van der Waals surface area contributed by atoms with Crippen LogP contribution in [0.2, 0.25) is 0 Å². The predicted molar refractivity (Wildman–Crippen MR) is 37.9 cm³/mol. The predicted octanol–water partition coefficient (Wildman–Crippen LogP) is -0.733. The summed E-state index contributed by atoms with van der Waals surface area (Å²) in [5.74, 6) is 0. The first kappa shape index (κ1) is 8.67. The van der Waals surface area contributed by atoms with E-state index in [0.717, 1.165) is 0 Å². The lowest BCUT2D eigenvalue weighted by Crippen LogP contribution is -2.38. The first-order chi connectivity index (χ1) is 5.27. The number of aliphatic hydroxyl groups excluding tert-OH is 2. The lowest BCUT2D eigenvalue weighted by atomic mass is 10.1. The van der Waals surface area contributed by atoms with E-state index in [1.54, 1.807) is 6.08 Å². The third-order valence-electron chi connectivity index (χ3n) is 1.60. The Kier molecular flexibility index (Phi) is 3.02. The molecular formula is C7H12O4. The van der Waals surface area contributed by atoms with Crippen molar-refractivity contribution >= 4 is 0 Å². The zero-order valence-electron chi connectivity index (χ0n) is 6.30. The van der Waals surface area contributed by atoms with Gasteiger partial charge in [0.05, 0.1) is 6.61 Å². The third-order valence-corrected chi connectivity index (χ3v) is 1.60. The molecular weight excluding hydrogens is 148 g/mol. The Labute approximate surface area is 65.0 Å². The van der Waals surface area contributed by atoms with Crippen LogP contribution in [0.15, 0.2) is 12.2 Å². The molecule has 0 aromatic heterocycles. The molecule has 11 heavy (non-hydrogen) atoms. The molecule has 3 atom stereocenters. The van der Waals surface area contributed by atoms with Gasteiger partial charge in [-0.15, -0.1) is 0 Å². The highest BCUT2D eigenvalue weighted by molar-refractivity contribution is 4.99. The summed E-state index contributed by atoms with van der Waals surface area (Å²) in [5.41, 5.74) is 0. The lowest BCUT2D eigenvalue weighted by Gasteiger charge is -2.27. The molecule has 1 aliphatic rings. The van der Waals surface area contributed by atoms with Gasteiger partial charge in [0, 0.05) is 7.11 Å². The molecule has 1 aliphatic heterocycles. The van der Waals surface area contributed by atoms with Crippen LogP contribution in [0.1, 0.15) is 0 Å². The minimum atomic E-state index is -0.918. The molecule has 1 rings (SSSR count). The van der Waals surface area contributed by atoms with Crippen molar-refractivity contribution < 1.29 is 19.7 Å². The number of methoxy groups -OCH3 is 1. The van der Waals surface area contributed by atoms with Crippen LogP contribution in [-0.4, -0.2) is 42.4 Å². The second-order valence-electron chi connectivity index (χ2n) is 2.33. The fraction of sp³-hybridized carbons (Fsp3) is 0.714. The summed E-state index contributed by atoms with van der Waals surface area (Å²) in [6.07, 6.45) is 1.52. The van der Waals surface area contributed by atoms with Gasteiger partial charge in [-0.1, -0.05) is 6.08 Å². The van der Waals surface area contributed by atoms with Crippen molar-refractivity contribution in [2.24, 2.45) is 0 Å². The van der Waals surface area contributed by atoms with Crippen LogP contribution in [-0.2, 0) is 9.47 Å². The number of rotatable bonds is 2. The maximum Gasteiger partial charge on any atom is 0.174 e. The SMILES string of the molecule is CO[C@H]1C=C[C@@H](O)O[C@@H]1CO. The summed E-state index contributed by atoms with van der Waals surface area (Å²) in [5, 5.41) is 17.7. The van der Waals surface area contributed by atoms with Crippen LogP contribution in [0.5, 0.6) is 0 Å². The molecule has 0 bridgehead atoms. The van der Waals surface area contributed by atoms with E-state index in [0.29, 0.717) is 0 Å². The highest BCUT2D eigenvalue weighted by atomic mass is 16.6. The molecule has 2 N–H and O–H groups in total. The Morgan fingerprint density at radius 1 is 1.55 bits per heavy atom. The third kappa shape index (κ3) is 2.00. The molecule has 0 aliphatic carbocycles. The topological polar surface area (TPSA) is 58.9 Å². The van der Waals surface area contributed by atoms with Crippen LogP contribution in [0, 0.1) is 0 Å². The van der Waals surface area contributed by atoms with Crippen molar-refractivity contribution in [3.8, 4) is 0 Å². The largest absolute Gasteiger partial charge is 0.394 e. The van der Waals surface area contributed by atoms with Gasteiger partial charge in [-0.25, -0.2) is 0 Å². The van der Waals surface area contributed by atoms with Crippen LogP contribution in [0.4, 0.5) is 0 Å². The van der Waals surface area contributed by atoms with Gasteiger partial charge in [-0.2, -0.15) is 0 Å². The van der Waals surface area contributed by atoms with Crippen molar-refractivity contribution in [1.82, 2.24) is 0 Å². The maximum absolute atomic E-state index is 8.95. The zero-order chi connectivity index (χ0) is 8.27. The molecule has 1 heterocycles. The van der Waals surface area contributed by atoms with Gasteiger partial charge in [0.15, 0.2) is 6.29 Å². The van der Waals surface area contributed by atoms with E-state index in [4.69, 9.17) is 19.7 Å². The Morgan fingerprint density at radius 3 is 2.82 bits per heavy atom. The Balaban J connectivity index is 2.56. The summed E-state index contributed by atoms with van der Waals surface area (Å²) in [6, 6.07) is 0. The van der Waals surface area contributed by atoms with E-state index in [-0.39, 0.29) is 12.7 Å². The summed E-state index contributed by atoms with van der Waals surface area (Å²) in [4.78, 5) is 0. The van der Waals surface area contributed by atoms with E-state index < -0.39 is 12.4 Å². The van der Waals surface area contributed by atoms with Gasteiger partial charge in [-0.05, 0) is 6.08 Å². The van der Waals surface area contributed by atoms with Gasteiger partial charge >= 0.3 is 0 Å². The average molecular weight is 160 g/mol. The minimum Gasteiger partial charge on any atom is -0.394 e. The van der Waals surface area contributed by atoms with Crippen molar-refractivity contribution in [3.05, 3.63) is 12.2 Å². The van der Waals surface area contributed by atoms with Gasteiger partial charge in [0.1, 0.15) is 12.2 Å². The van der Waals surface area contributed by atoms with E-state index in [2.05, 4.69) is 0 Å².